The van der Waals surface area contributed by atoms with Gasteiger partial charge in [-0.1, -0.05) is 0 Å². The normalized spacial score (nSPS) is 36.3. The standard InChI is InChI=1S/C20H27N5O3/c1-19(2)27-15-14(9-20(16(15)28-19)7-12(26)8-20)25-6-5-13-17(23-11-24(3)4)21-10-22-18(13)25/h5-6,10-12,14-16,26H,7-9H2,1-4H3/b23-11+/t12?,14?,15-,16-,20?/m0/s1. The third-order valence-electron chi connectivity index (χ3n) is 6.27. The van der Waals surface area contributed by atoms with E-state index in [0.29, 0.717) is 5.82 Å². The maximum absolute atomic E-state index is 10.0. The second-order valence-corrected chi connectivity index (χ2v) is 9.08. The summed E-state index contributed by atoms with van der Waals surface area (Å²) in [6.07, 6.45) is 7.54. The van der Waals surface area contributed by atoms with E-state index in [2.05, 4.69) is 25.7 Å². The Balaban J connectivity index is 1.54. The Morgan fingerprint density at radius 3 is 2.75 bits per heavy atom. The molecule has 0 amide bonds. The maximum Gasteiger partial charge on any atom is 0.166 e. The maximum atomic E-state index is 10.0. The topological polar surface area (TPSA) is 85.0 Å². The monoisotopic (exact) mass is 385 g/mol. The molecule has 1 spiro atoms. The van der Waals surface area contributed by atoms with Crippen LogP contribution in [0.25, 0.3) is 11.0 Å². The molecule has 150 valence electrons. The van der Waals surface area contributed by atoms with E-state index in [0.717, 1.165) is 30.3 Å². The van der Waals surface area contributed by atoms with Crippen molar-refractivity contribution in [1.29, 1.82) is 0 Å². The van der Waals surface area contributed by atoms with Gasteiger partial charge in [0.15, 0.2) is 11.6 Å². The van der Waals surface area contributed by atoms with Gasteiger partial charge in [0.25, 0.3) is 0 Å². The average molecular weight is 385 g/mol. The van der Waals surface area contributed by atoms with Crippen LogP contribution in [0.2, 0.25) is 0 Å². The lowest BCUT2D eigenvalue weighted by atomic mass is 9.64. The molecule has 3 atom stereocenters. The number of nitrogens with zero attached hydrogens (tertiary/aromatic N) is 5. The molecule has 2 aromatic rings. The zero-order valence-electron chi connectivity index (χ0n) is 16.7. The molecule has 3 fully saturated rings. The van der Waals surface area contributed by atoms with Gasteiger partial charge in [-0.15, -0.1) is 0 Å². The van der Waals surface area contributed by atoms with Gasteiger partial charge in [-0.25, -0.2) is 15.0 Å². The highest BCUT2D eigenvalue weighted by molar-refractivity contribution is 5.87. The van der Waals surface area contributed by atoms with E-state index in [1.807, 2.05) is 38.9 Å². The smallest absolute Gasteiger partial charge is 0.166 e. The highest BCUT2D eigenvalue weighted by atomic mass is 16.8. The summed E-state index contributed by atoms with van der Waals surface area (Å²) >= 11 is 0. The minimum Gasteiger partial charge on any atom is -0.393 e. The van der Waals surface area contributed by atoms with Crippen molar-refractivity contribution in [2.45, 2.75) is 63.3 Å². The molecule has 28 heavy (non-hydrogen) atoms. The molecular formula is C20H27N5O3. The number of rotatable bonds is 3. The third kappa shape index (κ3) is 2.66. The van der Waals surface area contributed by atoms with E-state index < -0.39 is 5.79 Å². The van der Waals surface area contributed by atoms with Crippen LogP contribution in [0.3, 0.4) is 0 Å². The van der Waals surface area contributed by atoms with Gasteiger partial charge in [0.1, 0.15) is 18.1 Å². The molecule has 1 unspecified atom stereocenters. The van der Waals surface area contributed by atoms with E-state index in [-0.39, 0.29) is 29.8 Å². The minimum atomic E-state index is -0.610. The lowest BCUT2D eigenvalue weighted by molar-refractivity contribution is -0.187. The number of fused-ring (bicyclic) bond motifs is 3. The Morgan fingerprint density at radius 1 is 1.25 bits per heavy atom. The van der Waals surface area contributed by atoms with E-state index in [9.17, 15) is 5.11 Å². The number of hydrogen-bond acceptors (Lipinski definition) is 6. The van der Waals surface area contributed by atoms with Gasteiger partial charge in [-0.2, -0.15) is 0 Å². The molecule has 0 aromatic carbocycles. The van der Waals surface area contributed by atoms with E-state index in [1.165, 1.54) is 0 Å². The molecule has 1 N–H and O–H groups in total. The first-order valence-corrected chi connectivity index (χ1v) is 9.84. The number of aromatic nitrogens is 3. The fourth-order valence-corrected chi connectivity index (χ4v) is 5.23. The molecule has 3 aliphatic rings. The number of hydrogen-bond donors (Lipinski definition) is 1. The van der Waals surface area contributed by atoms with Gasteiger partial charge in [0.2, 0.25) is 0 Å². The largest absolute Gasteiger partial charge is 0.393 e. The summed E-state index contributed by atoms with van der Waals surface area (Å²) < 4.78 is 14.8. The Hall–Kier alpha value is -2.03. The quantitative estimate of drug-likeness (QED) is 0.644. The lowest BCUT2D eigenvalue weighted by Gasteiger charge is -2.46. The summed E-state index contributed by atoms with van der Waals surface area (Å²) in [6, 6.07) is 2.13. The fourth-order valence-electron chi connectivity index (χ4n) is 5.23. The summed E-state index contributed by atoms with van der Waals surface area (Å²) in [5.41, 5.74) is 0.841. The summed E-state index contributed by atoms with van der Waals surface area (Å²) in [5.74, 6) is 0.0467. The minimum absolute atomic E-state index is 0.00131. The van der Waals surface area contributed by atoms with Gasteiger partial charge in [-0.3, -0.25) is 0 Å². The molecule has 8 heteroatoms. The highest BCUT2D eigenvalue weighted by Crippen LogP contribution is 2.62. The van der Waals surface area contributed by atoms with Crippen LogP contribution < -0.4 is 0 Å². The molecule has 2 aromatic heterocycles. The third-order valence-corrected chi connectivity index (χ3v) is 6.27. The van der Waals surface area contributed by atoms with Crippen LogP contribution in [-0.2, 0) is 9.47 Å². The summed E-state index contributed by atoms with van der Waals surface area (Å²) in [5, 5.41) is 10.9. The molecular weight excluding hydrogens is 358 g/mol. The molecule has 1 saturated heterocycles. The molecule has 8 nitrogen and oxygen atoms in total. The van der Waals surface area contributed by atoms with Crippen molar-refractivity contribution in [3.8, 4) is 0 Å². The van der Waals surface area contributed by atoms with Crippen LogP contribution in [0.5, 0.6) is 0 Å². The van der Waals surface area contributed by atoms with Crippen molar-refractivity contribution < 1.29 is 14.6 Å². The second-order valence-electron chi connectivity index (χ2n) is 9.08. The number of aliphatic imine (C=N–C) groups is 1. The Bertz CT molecular complexity index is 931. The fraction of sp³-hybridized carbons (Fsp3) is 0.650. The summed E-state index contributed by atoms with van der Waals surface area (Å²) in [6.45, 7) is 3.93. The predicted octanol–water partition coefficient (Wildman–Crippen LogP) is 2.26. The van der Waals surface area contributed by atoms with Crippen molar-refractivity contribution in [2.75, 3.05) is 14.1 Å². The van der Waals surface area contributed by atoms with Crippen LogP contribution in [0.1, 0.15) is 39.2 Å². The van der Waals surface area contributed by atoms with Gasteiger partial charge in [0.05, 0.1) is 30.0 Å². The average Bonchev–Trinajstić information content (AvgIpc) is 3.23. The number of aliphatic hydroxyl groups is 1. The van der Waals surface area contributed by atoms with Crippen LogP contribution in [0, 0.1) is 5.41 Å². The van der Waals surface area contributed by atoms with Crippen molar-refractivity contribution in [2.24, 2.45) is 10.4 Å². The predicted molar refractivity (Wildman–Crippen MR) is 105 cm³/mol. The molecule has 5 rings (SSSR count). The summed E-state index contributed by atoms with van der Waals surface area (Å²) in [7, 11) is 3.86. The van der Waals surface area contributed by atoms with Gasteiger partial charge in [0, 0.05) is 25.7 Å². The molecule has 1 aliphatic heterocycles. The van der Waals surface area contributed by atoms with Crippen LogP contribution in [0.15, 0.2) is 23.6 Å². The first-order valence-electron chi connectivity index (χ1n) is 9.84. The zero-order valence-corrected chi connectivity index (χ0v) is 16.7. The van der Waals surface area contributed by atoms with E-state index >= 15 is 0 Å². The second kappa shape index (κ2) is 5.98. The number of aliphatic hydroxyl groups excluding tert-OH is 1. The van der Waals surface area contributed by atoms with Crippen LogP contribution in [0.4, 0.5) is 5.82 Å². The molecule has 3 heterocycles. The molecule has 2 saturated carbocycles. The van der Waals surface area contributed by atoms with Crippen LogP contribution in [-0.4, -0.2) is 69.1 Å². The van der Waals surface area contributed by atoms with E-state index in [4.69, 9.17) is 9.47 Å². The number of ether oxygens (including phenoxy) is 2. The first kappa shape index (κ1) is 18.0. The highest BCUT2D eigenvalue weighted by Gasteiger charge is 2.65. The summed E-state index contributed by atoms with van der Waals surface area (Å²) in [4.78, 5) is 15.2. The van der Waals surface area contributed by atoms with Crippen molar-refractivity contribution in [1.82, 2.24) is 19.4 Å². The van der Waals surface area contributed by atoms with Crippen molar-refractivity contribution in [3.05, 3.63) is 18.6 Å². The molecule has 0 bridgehead atoms. The zero-order chi connectivity index (χ0) is 19.7. The SMILES string of the molecule is CN(C)/C=N/c1ncnc2c1ccn2C1CC2(CC(O)C2)[C@H]2OC(C)(C)O[C@@H]12. The Morgan fingerprint density at radius 2 is 2.04 bits per heavy atom. The molecule has 2 aliphatic carbocycles. The Labute approximate surface area is 164 Å². The van der Waals surface area contributed by atoms with Crippen LogP contribution >= 0.6 is 0 Å². The van der Waals surface area contributed by atoms with E-state index in [1.54, 1.807) is 12.7 Å². The van der Waals surface area contributed by atoms with Gasteiger partial charge < -0.3 is 24.0 Å². The lowest BCUT2D eigenvalue weighted by Crippen LogP contribution is -2.48. The van der Waals surface area contributed by atoms with Gasteiger partial charge in [-0.05, 0) is 39.2 Å². The molecule has 0 radical (unpaired) electrons. The first-order chi connectivity index (χ1) is 13.3. The van der Waals surface area contributed by atoms with Crippen molar-refractivity contribution in [3.63, 3.8) is 0 Å². The van der Waals surface area contributed by atoms with Crippen molar-refractivity contribution >= 4 is 23.2 Å². The van der Waals surface area contributed by atoms with Gasteiger partial charge >= 0.3 is 0 Å². The Kier molecular flexibility index (Phi) is 3.85.